The first-order valence-electron chi connectivity index (χ1n) is 4.60. The van der Waals surface area contributed by atoms with Crippen LogP contribution in [0.15, 0.2) is 24.5 Å². The lowest BCUT2D eigenvalue weighted by molar-refractivity contribution is 0.385. The van der Waals surface area contributed by atoms with E-state index in [-0.39, 0.29) is 0 Å². The molecule has 0 radical (unpaired) electrons. The molecule has 3 rings (SSSR count). The minimum Gasteiger partial charge on any atom is -0.346 e. The Kier molecular flexibility index (Phi) is 1.40. The van der Waals surface area contributed by atoms with Gasteiger partial charge < -0.3 is 10.3 Å². The Morgan fingerprint density at radius 3 is 3.15 bits per heavy atom. The predicted octanol–water partition coefficient (Wildman–Crippen LogP) is 1.60. The maximum absolute atomic E-state index is 4.26. The summed E-state index contributed by atoms with van der Waals surface area (Å²) >= 11 is 0. The van der Waals surface area contributed by atoms with Crippen LogP contribution in [0.5, 0.6) is 0 Å². The zero-order valence-corrected chi connectivity index (χ0v) is 7.25. The summed E-state index contributed by atoms with van der Waals surface area (Å²) in [5, 5.41) is 4.64. The van der Waals surface area contributed by atoms with E-state index in [0.29, 0.717) is 6.04 Å². The van der Waals surface area contributed by atoms with Crippen molar-refractivity contribution in [3.63, 3.8) is 0 Å². The third-order valence-electron chi connectivity index (χ3n) is 2.68. The molecular weight excluding hydrogens is 162 g/mol. The maximum Gasteiger partial charge on any atom is 0.137 e. The van der Waals surface area contributed by atoms with Crippen LogP contribution in [-0.2, 0) is 0 Å². The molecule has 13 heavy (non-hydrogen) atoms. The van der Waals surface area contributed by atoms with Crippen LogP contribution >= 0.6 is 0 Å². The monoisotopic (exact) mass is 173 g/mol. The van der Waals surface area contributed by atoms with Gasteiger partial charge in [0.05, 0.1) is 0 Å². The number of rotatable bonds is 1. The summed E-state index contributed by atoms with van der Waals surface area (Å²) < 4.78 is 0. The van der Waals surface area contributed by atoms with Crippen LogP contribution in [0.3, 0.4) is 0 Å². The van der Waals surface area contributed by atoms with Gasteiger partial charge in [-0.05, 0) is 30.7 Å². The zero-order valence-electron chi connectivity index (χ0n) is 7.25. The van der Waals surface area contributed by atoms with Crippen LogP contribution in [0, 0.1) is 0 Å². The highest BCUT2D eigenvalue weighted by molar-refractivity contribution is 5.80. The number of fused-ring (bicyclic) bond motifs is 1. The third kappa shape index (κ3) is 0.971. The second kappa shape index (κ2) is 2.57. The Hall–Kier alpha value is -1.35. The lowest BCUT2D eigenvalue weighted by Gasteiger charge is -2.27. The number of aromatic amines is 1. The van der Waals surface area contributed by atoms with Crippen LogP contribution in [-0.4, -0.2) is 16.5 Å². The lowest BCUT2D eigenvalue weighted by atomic mass is 9.98. The molecule has 2 N–H and O–H groups in total. The van der Waals surface area contributed by atoms with Gasteiger partial charge in [0.1, 0.15) is 5.65 Å². The molecule has 1 saturated heterocycles. The Morgan fingerprint density at radius 1 is 1.46 bits per heavy atom. The van der Waals surface area contributed by atoms with E-state index in [9.17, 15) is 0 Å². The second-order valence-electron chi connectivity index (χ2n) is 3.44. The fourth-order valence-corrected chi connectivity index (χ4v) is 1.82. The van der Waals surface area contributed by atoms with E-state index in [1.165, 1.54) is 17.4 Å². The van der Waals surface area contributed by atoms with E-state index >= 15 is 0 Å². The van der Waals surface area contributed by atoms with Crippen molar-refractivity contribution >= 4 is 11.0 Å². The van der Waals surface area contributed by atoms with Crippen molar-refractivity contribution in [2.75, 3.05) is 6.54 Å². The van der Waals surface area contributed by atoms with E-state index in [0.717, 1.165) is 12.2 Å². The Bertz CT molecular complexity index is 428. The van der Waals surface area contributed by atoms with Gasteiger partial charge in [0, 0.05) is 23.8 Å². The highest BCUT2D eigenvalue weighted by Gasteiger charge is 2.21. The maximum atomic E-state index is 4.26. The predicted molar refractivity (Wildman–Crippen MR) is 51.5 cm³/mol. The van der Waals surface area contributed by atoms with Gasteiger partial charge in [0.25, 0.3) is 0 Å². The minimum absolute atomic E-state index is 0.540. The number of nitrogens with one attached hydrogen (secondary N) is 2. The average Bonchev–Trinajstić information content (AvgIpc) is 2.47. The standard InChI is InChI=1S/C10H11N3/c1-2-7-8(9-3-5-11-9)6-13-10(7)12-4-1/h1-2,4,6,9,11H,3,5H2,(H,12,13)/t9-/m0/s1. The summed E-state index contributed by atoms with van der Waals surface area (Å²) in [5.74, 6) is 0. The molecule has 66 valence electrons. The molecule has 2 aromatic rings. The molecule has 0 aromatic carbocycles. The van der Waals surface area contributed by atoms with Gasteiger partial charge in [0.2, 0.25) is 0 Å². The second-order valence-corrected chi connectivity index (χ2v) is 3.44. The molecule has 3 nitrogen and oxygen atoms in total. The van der Waals surface area contributed by atoms with E-state index in [4.69, 9.17) is 0 Å². The largest absolute Gasteiger partial charge is 0.346 e. The molecule has 1 aliphatic heterocycles. The number of hydrogen-bond donors (Lipinski definition) is 2. The van der Waals surface area contributed by atoms with E-state index in [1.807, 2.05) is 12.3 Å². The number of aromatic nitrogens is 2. The van der Waals surface area contributed by atoms with Crippen molar-refractivity contribution < 1.29 is 0 Å². The SMILES string of the molecule is c1cnc2[nH]cc([C@@H]3CCN3)c2c1. The summed E-state index contributed by atoms with van der Waals surface area (Å²) in [7, 11) is 0. The molecule has 3 heterocycles. The quantitative estimate of drug-likeness (QED) is 0.687. The minimum atomic E-state index is 0.540. The van der Waals surface area contributed by atoms with Gasteiger partial charge >= 0.3 is 0 Å². The molecule has 1 aliphatic rings. The number of hydrogen-bond acceptors (Lipinski definition) is 2. The highest BCUT2D eigenvalue weighted by atomic mass is 15.0. The van der Waals surface area contributed by atoms with Crippen LogP contribution in [0.25, 0.3) is 11.0 Å². The molecule has 0 unspecified atom stereocenters. The van der Waals surface area contributed by atoms with Crippen LogP contribution in [0.4, 0.5) is 0 Å². The van der Waals surface area contributed by atoms with Gasteiger partial charge in [-0.15, -0.1) is 0 Å². The first-order chi connectivity index (χ1) is 6.45. The Morgan fingerprint density at radius 2 is 2.38 bits per heavy atom. The lowest BCUT2D eigenvalue weighted by Crippen LogP contribution is -2.34. The molecule has 0 aliphatic carbocycles. The average molecular weight is 173 g/mol. The Labute approximate surface area is 76.2 Å². The summed E-state index contributed by atoms with van der Waals surface area (Å²) in [4.78, 5) is 7.45. The summed E-state index contributed by atoms with van der Waals surface area (Å²) in [5.41, 5.74) is 2.35. The molecule has 1 fully saturated rings. The van der Waals surface area contributed by atoms with Crippen LogP contribution in [0.2, 0.25) is 0 Å². The van der Waals surface area contributed by atoms with Crippen molar-refractivity contribution in [2.24, 2.45) is 0 Å². The normalized spacial score (nSPS) is 21.7. The molecule has 0 spiro atoms. The molecule has 0 bridgehead atoms. The van der Waals surface area contributed by atoms with Crippen LogP contribution in [0.1, 0.15) is 18.0 Å². The van der Waals surface area contributed by atoms with E-state index in [2.05, 4.69) is 27.5 Å². The molecule has 1 atom stereocenters. The summed E-state index contributed by atoms with van der Waals surface area (Å²) in [6.45, 7) is 1.14. The molecular formula is C10H11N3. The van der Waals surface area contributed by atoms with Crippen molar-refractivity contribution in [3.05, 3.63) is 30.1 Å². The van der Waals surface area contributed by atoms with Crippen molar-refractivity contribution in [1.82, 2.24) is 15.3 Å². The van der Waals surface area contributed by atoms with Crippen molar-refractivity contribution in [2.45, 2.75) is 12.5 Å². The third-order valence-corrected chi connectivity index (χ3v) is 2.68. The first-order valence-corrected chi connectivity index (χ1v) is 4.60. The van der Waals surface area contributed by atoms with Gasteiger partial charge in [-0.3, -0.25) is 0 Å². The summed E-state index contributed by atoms with van der Waals surface area (Å²) in [6, 6.07) is 4.64. The number of nitrogens with zero attached hydrogens (tertiary/aromatic N) is 1. The van der Waals surface area contributed by atoms with E-state index in [1.54, 1.807) is 0 Å². The molecule has 0 amide bonds. The van der Waals surface area contributed by atoms with Crippen molar-refractivity contribution in [3.8, 4) is 0 Å². The van der Waals surface area contributed by atoms with E-state index < -0.39 is 0 Å². The molecule has 0 saturated carbocycles. The summed E-state index contributed by atoms with van der Waals surface area (Å²) in [6.07, 6.45) is 5.12. The zero-order chi connectivity index (χ0) is 8.67. The fraction of sp³-hybridized carbons (Fsp3) is 0.300. The van der Waals surface area contributed by atoms with Gasteiger partial charge in [-0.25, -0.2) is 4.98 Å². The van der Waals surface area contributed by atoms with Gasteiger partial charge in [-0.2, -0.15) is 0 Å². The van der Waals surface area contributed by atoms with Gasteiger partial charge in [0.15, 0.2) is 0 Å². The topological polar surface area (TPSA) is 40.7 Å². The smallest absolute Gasteiger partial charge is 0.137 e. The molecule has 3 heteroatoms. The fourth-order valence-electron chi connectivity index (χ4n) is 1.82. The number of pyridine rings is 1. The first kappa shape index (κ1) is 7.09. The highest BCUT2D eigenvalue weighted by Crippen LogP contribution is 2.28. The van der Waals surface area contributed by atoms with Gasteiger partial charge in [-0.1, -0.05) is 0 Å². The van der Waals surface area contributed by atoms with Crippen molar-refractivity contribution in [1.29, 1.82) is 0 Å². The Balaban J connectivity index is 2.17. The van der Waals surface area contributed by atoms with Crippen LogP contribution < -0.4 is 5.32 Å². The molecule has 2 aromatic heterocycles. The number of H-pyrrole nitrogens is 1.